The number of carbonyl (C=O) groups is 1. The van der Waals surface area contributed by atoms with Gasteiger partial charge in [-0.2, -0.15) is 0 Å². The molecular weight excluding hydrogens is 186 g/mol. The molecule has 3 rings (SSSR count). The van der Waals surface area contributed by atoms with Gasteiger partial charge in [-0.3, -0.25) is 4.79 Å². The van der Waals surface area contributed by atoms with E-state index in [-0.39, 0.29) is 5.91 Å². The fourth-order valence-corrected chi connectivity index (χ4v) is 2.95. The van der Waals surface area contributed by atoms with E-state index in [1.807, 2.05) is 11.9 Å². The van der Waals surface area contributed by atoms with E-state index in [1.54, 1.807) is 0 Å². The summed E-state index contributed by atoms with van der Waals surface area (Å²) in [6.45, 7) is 0.906. The van der Waals surface area contributed by atoms with Crippen molar-refractivity contribution in [3.63, 3.8) is 0 Å². The Morgan fingerprint density at radius 2 is 2.13 bits per heavy atom. The third-order valence-corrected chi connectivity index (χ3v) is 3.72. The molecule has 1 aromatic carbocycles. The van der Waals surface area contributed by atoms with E-state index in [4.69, 9.17) is 0 Å². The fourth-order valence-electron chi connectivity index (χ4n) is 2.95. The van der Waals surface area contributed by atoms with Crippen LogP contribution in [0.2, 0.25) is 0 Å². The predicted octanol–water partition coefficient (Wildman–Crippen LogP) is 1.73. The summed E-state index contributed by atoms with van der Waals surface area (Å²) in [5.74, 6) is 0.852. The van der Waals surface area contributed by atoms with Gasteiger partial charge in [0.15, 0.2) is 0 Å². The third kappa shape index (κ3) is 1.28. The lowest BCUT2D eigenvalue weighted by Gasteiger charge is -2.17. The molecule has 1 aliphatic heterocycles. The second kappa shape index (κ2) is 3.09. The first-order valence-corrected chi connectivity index (χ1v) is 5.60. The van der Waals surface area contributed by atoms with Gasteiger partial charge in [0, 0.05) is 19.5 Å². The molecule has 1 aliphatic carbocycles. The molecule has 0 saturated carbocycles. The summed E-state index contributed by atoms with van der Waals surface area (Å²) >= 11 is 0. The molecule has 0 saturated heterocycles. The maximum absolute atomic E-state index is 11.8. The number of rotatable bonds is 0. The van der Waals surface area contributed by atoms with Crippen LogP contribution in [0.25, 0.3) is 0 Å². The van der Waals surface area contributed by atoms with Gasteiger partial charge in [-0.05, 0) is 29.5 Å². The molecule has 78 valence electrons. The van der Waals surface area contributed by atoms with Gasteiger partial charge in [0.05, 0.1) is 6.42 Å². The van der Waals surface area contributed by atoms with Crippen molar-refractivity contribution in [3.05, 3.63) is 34.9 Å². The zero-order chi connectivity index (χ0) is 10.4. The van der Waals surface area contributed by atoms with Crippen LogP contribution in [0, 0.1) is 0 Å². The molecule has 1 aromatic rings. The Bertz CT molecular complexity index is 425. The Hall–Kier alpha value is -1.31. The quantitative estimate of drug-likeness (QED) is 0.626. The molecule has 2 heteroatoms. The number of hydrogen-bond donors (Lipinski definition) is 0. The second-order valence-electron chi connectivity index (χ2n) is 4.68. The average molecular weight is 201 g/mol. The van der Waals surface area contributed by atoms with E-state index in [1.165, 1.54) is 29.5 Å². The molecule has 2 nitrogen and oxygen atoms in total. The molecule has 0 bridgehead atoms. The minimum Gasteiger partial charge on any atom is -0.345 e. The highest BCUT2D eigenvalue weighted by atomic mass is 16.2. The lowest BCUT2D eigenvalue weighted by molar-refractivity contribution is -0.129. The lowest BCUT2D eigenvalue weighted by atomic mass is 9.95. The Morgan fingerprint density at radius 1 is 1.33 bits per heavy atom. The Morgan fingerprint density at radius 3 is 3.00 bits per heavy atom. The van der Waals surface area contributed by atoms with Crippen LogP contribution >= 0.6 is 0 Å². The van der Waals surface area contributed by atoms with Crippen molar-refractivity contribution in [2.45, 2.75) is 25.2 Å². The molecule has 0 aromatic heterocycles. The number of amides is 1. The Balaban J connectivity index is 2.14. The van der Waals surface area contributed by atoms with Crippen LogP contribution in [0.1, 0.15) is 29.0 Å². The van der Waals surface area contributed by atoms with E-state index in [0.717, 1.165) is 6.54 Å². The van der Waals surface area contributed by atoms with Crippen molar-refractivity contribution < 1.29 is 4.79 Å². The standard InChI is InChI=1S/C13H15NO/c1-14-8-11-6-5-9-3-2-4-10(13(9)11)7-12(14)15/h2-4,11H,5-8H2,1H3. The van der Waals surface area contributed by atoms with Crippen molar-refractivity contribution in [2.75, 3.05) is 13.6 Å². The topological polar surface area (TPSA) is 20.3 Å². The van der Waals surface area contributed by atoms with Gasteiger partial charge in [0.25, 0.3) is 0 Å². The smallest absolute Gasteiger partial charge is 0.226 e. The van der Waals surface area contributed by atoms with Crippen molar-refractivity contribution in [2.24, 2.45) is 0 Å². The lowest BCUT2D eigenvalue weighted by Crippen LogP contribution is -2.29. The molecule has 0 fully saturated rings. The van der Waals surface area contributed by atoms with Crippen LogP contribution in [-0.4, -0.2) is 24.4 Å². The molecule has 0 N–H and O–H groups in total. The van der Waals surface area contributed by atoms with Crippen molar-refractivity contribution >= 4 is 5.91 Å². The molecule has 1 heterocycles. The highest BCUT2D eigenvalue weighted by Crippen LogP contribution is 2.37. The maximum atomic E-state index is 11.8. The van der Waals surface area contributed by atoms with Gasteiger partial charge in [0.2, 0.25) is 5.91 Å². The van der Waals surface area contributed by atoms with E-state index in [9.17, 15) is 4.79 Å². The van der Waals surface area contributed by atoms with E-state index in [2.05, 4.69) is 18.2 Å². The van der Waals surface area contributed by atoms with Crippen molar-refractivity contribution in [3.8, 4) is 0 Å². The SMILES string of the molecule is CN1CC2CCc3cccc(c32)CC1=O. The van der Waals surface area contributed by atoms with Gasteiger partial charge < -0.3 is 4.90 Å². The molecule has 1 atom stereocenters. The van der Waals surface area contributed by atoms with Gasteiger partial charge >= 0.3 is 0 Å². The first-order chi connectivity index (χ1) is 7.25. The average Bonchev–Trinajstić information content (AvgIpc) is 2.57. The van der Waals surface area contributed by atoms with Crippen molar-refractivity contribution in [1.29, 1.82) is 0 Å². The highest BCUT2D eigenvalue weighted by molar-refractivity contribution is 5.80. The molecule has 15 heavy (non-hydrogen) atoms. The first kappa shape index (κ1) is 8.96. The Kier molecular flexibility index (Phi) is 1.84. The number of carbonyl (C=O) groups excluding carboxylic acids is 1. The minimum atomic E-state index is 0.262. The fraction of sp³-hybridized carbons (Fsp3) is 0.462. The molecule has 1 amide bonds. The molecule has 0 spiro atoms. The zero-order valence-corrected chi connectivity index (χ0v) is 8.99. The highest BCUT2D eigenvalue weighted by Gasteiger charge is 2.30. The van der Waals surface area contributed by atoms with Crippen LogP contribution in [0.3, 0.4) is 0 Å². The van der Waals surface area contributed by atoms with Gasteiger partial charge in [0.1, 0.15) is 0 Å². The van der Waals surface area contributed by atoms with Gasteiger partial charge in [-0.1, -0.05) is 18.2 Å². The van der Waals surface area contributed by atoms with Crippen LogP contribution in [0.4, 0.5) is 0 Å². The van der Waals surface area contributed by atoms with E-state index in [0.29, 0.717) is 12.3 Å². The van der Waals surface area contributed by atoms with Gasteiger partial charge in [-0.15, -0.1) is 0 Å². The summed E-state index contributed by atoms with van der Waals surface area (Å²) in [4.78, 5) is 13.7. The van der Waals surface area contributed by atoms with Crippen LogP contribution in [0.15, 0.2) is 18.2 Å². The number of likely N-dealkylation sites (N-methyl/N-ethyl adjacent to an activating group) is 1. The molecule has 0 radical (unpaired) electrons. The third-order valence-electron chi connectivity index (χ3n) is 3.72. The zero-order valence-electron chi connectivity index (χ0n) is 8.99. The largest absolute Gasteiger partial charge is 0.345 e. The van der Waals surface area contributed by atoms with E-state index >= 15 is 0 Å². The number of hydrogen-bond acceptors (Lipinski definition) is 1. The monoisotopic (exact) mass is 201 g/mol. The van der Waals surface area contributed by atoms with Crippen LogP contribution in [-0.2, 0) is 17.6 Å². The normalized spacial score (nSPS) is 23.9. The van der Waals surface area contributed by atoms with E-state index < -0.39 is 0 Å². The van der Waals surface area contributed by atoms with Crippen molar-refractivity contribution in [1.82, 2.24) is 4.90 Å². The summed E-state index contributed by atoms with van der Waals surface area (Å²) in [5.41, 5.74) is 4.22. The first-order valence-electron chi connectivity index (χ1n) is 5.60. The maximum Gasteiger partial charge on any atom is 0.226 e. The van der Waals surface area contributed by atoms with Crippen LogP contribution < -0.4 is 0 Å². The van der Waals surface area contributed by atoms with Gasteiger partial charge in [-0.25, -0.2) is 0 Å². The molecule has 1 unspecified atom stereocenters. The summed E-state index contributed by atoms with van der Waals surface area (Å²) in [5, 5.41) is 0. The minimum absolute atomic E-state index is 0.262. The summed E-state index contributed by atoms with van der Waals surface area (Å²) in [6, 6.07) is 6.43. The summed E-state index contributed by atoms with van der Waals surface area (Å²) in [7, 11) is 1.92. The number of benzene rings is 1. The summed E-state index contributed by atoms with van der Waals surface area (Å²) < 4.78 is 0. The second-order valence-corrected chi connectivity index (χ2v) is 4.68. The number of aryl methyl sites for hydroxylation is 1. The molecule has 2 aliphatic rings. The van der Waals surface area contributed by atoms with Crippen LogP contribution in [0.5, 0.6) is 0 Å². The summed E-state index contributed by atoms with van der Waals surface area (Å²) in [6.07, 6.45) is 3.00. The predicted molar refractivity (Wildman–Crippen MR) is 58.8 cm³/mol. The number of nitrogens with zero attached hydrogens (tertiary/aromatic N) is 1. The Labute approximate surface area is 89.9 Å². The molecular formula is C13H15NO.